The largest absolute Gasteiger partial charge is 0.504 e. The van der Waals surface area contributed by atoms with E-state index in [-0.39, 0.29) is 42.4 Å². The van der Waals surface area contributed by atoms with Gasteiger partial charge in [0.1, 0.15) is 5.92 Å². The van der Waals surface area contributed by atoms with E-state index in [1.807, 2.05) is 0 Å². The number of carbonyl (C=O) groups excluding carboxylic acids is 3. The topological polar surface area (TPSA) is 80.7 Å². The molecule has 106 valence electrons. The van der Waals surface area contributed by atoms with Crippen LogP contribution in [0.4, 0.5) is 0 Å². The molecule has 5 nitrogen and oxygen atoms in total. The Labute approximate surface area is 116 Å². The van der Waals surface area contributed by atoms with Crippen molar-refractivity contribution in [1.29, 1.82) is 0 Å². The van der Waals surface area contributed by atoms with Crippen LogP contribution in [0.2, 0.25) is 0 Å². The zero-order chi connectivity index (χ0) is 14.7. The summed E-state index contributed by atoms with van der Waals surface area (Å²) in [5.74, 6) is -1.52. The molecule has 0 heterocycles. The van der Waals surface area contributed by atoms with E-state index in [2.05, 4.69) is 0 Å². The fourth-order valence-electron chi connectivity index (χ4n) is 2.36. The minimum Gasteiger partial charge on any atom is -0.504 e. The maximum absolute atomic E-state index is 11.9. The average Bonchev–Trinajstić information content (AvgIpc) is 2.77. The van der Waals surface area contributed by atoms with Crippen LogP contribution in [0.15, 0.2) is 18.2 Å². The molecule has 0 unspecified atom stereocenters. The minimum atomic E-state index is -1.05. The van der Waals surface area contributed by atoms with Crippen LogP contribution in [0.5, 0.6) is 11.5 Å². The number of Topliss-reactive ketones (excluding diaryl/α,β-unsaturated/α-hetero) is 3. The van der Waals surface area contributed by atoms with Gasteiger partial charge in [-0.15, -0.1) is 0 Å². The highest BCUT2D eigenvalue weighted by Gasteiger charge is 2.37. The zero-order valence-electron chi connectivity index (χ0n) is 11.2. The Balaban J connectivity index is 2.00. The lowest BCUT2D eigenvalue weighted by Crippen LogP contribution is -2.25. The minimum absolute atomic E-state index is 0.0312. The first-order valence-electron chi connectivity index (χ1n) is 6.47. The van der Waals surface area contributed by atoms with Gasteiger partial charge >= 0.3 is 0 Å². The monoisotopic (exact) mass is 276 g/mol. The van der Waals surface area contributed by atoms with Crippen LogP contribution < -0.4 is 4.74 Å². The summed E-state index contributed by atoms with van der Waals surface area (Å²) in [5, 5.41) is 9.47. The summed E-state index contributed by atoms with van der Waals surface area (Å²) in [6.07, 6.45) is 0.910. The maximum Gasteiger partial charge on any atom is 0.160 e. The van der Waals surface area contributed by atoms with Gasteiger partial charge in [0.2, 0.25) is 0 Å². The summed E-state index contributed by atoms with van der Waals surface area (Å²) in [6.45, 7) is 0. The molecule has 1 saturated carbocycles. The third-order valence-electron chi connectivity index (χ3n) is 3.49. The van der Waals surface area contributed by atoms with Gasteiger partial charge in [-0.25, -0.2) is 0 Å². The number of rotatable bonds is 5. The Hall–Kier alpha value is -2.17. The second-order valence-corrected chi connectivity index (χ2v) is 4.84. The van der Waals surface area contributed by atoms with Gasteiger partial charge in [-0.05, 0) is 24.1 Å². The van der Waals surface area contributed by atoms with Crippen LogP contribution in [0.3, 0.4) is 0 Å². The molecular weight excluding hydrogens is 260 g/mol. The lowest BCUT2D eigenvalue weighted by molar-refractivity contribution is -0.136. The second kappa shape index (κ2) is 5.86. The summed E-state index contributed by atoms with van der Waals surface area (Å²) < 4.78 is 4.98. The molecule has 0 aliphatic heterocycles. The molecule has 5 heteroatoms. The second-order valence-electron chi connectivity index (χ2n) is 4.84. The molecule has 0 saturated heterocycles. The molecule has 0 amide bonds. The van der Waals surface area contributed by atoms with Gasteiger partial charge in [0, 0.05) is 19.3 Å². The van der Waals surface area contributed by atoms with Crippen LogP contribution in [0.1, 0.15) is 24.8 Å². The number of hydrogen-bond donors (Lipinski definition) is 1. The quantitative estimate of drug-likeness (QED) is 0.823. The van der Waals surface area contributed by atoms with Gasteiger partial charge in [-0.2, -0.15) is 0 Å². The number of aryl methyl sites for hydroxylation is 1. The standard InChI is InChI=1S/C15H16O5/c1-20-14-8-9(2-4-10(14)16)3-5-11(17)15-12(18)6-7-13(15)19/h2,4,8,15-16H,3,5-7H2,1H3. The van der Waals surface area contributed by atoms with Crippen LogP contribution >= 0.6 is 0 Å². The Morgan fingerprint density at radius 2 is 1.95 bits per heavy atom. The highest BCUT2D eigenvalue weighted by molar-refractivity contribution is 6.23. The molecule has 1 aromatic rings. The van der Waals surface area contributed by atoms with Crippen molar-refractivity contribution in [3.63, 3.8) is 0 Å². The molecule has 1 aromatic carbocycles. The van der Waals surface area contributed by atoms with Crippen molar-refractivity contribution < 1.29 is 24.2 Å². The highest BCUT2D eigenvalue weighted by atomic mass is 16.5. The van der Waals surface area contributed by atoms with Crippen LogP contribution in [-0.2, 0) is 20.8 Å². The molecule has 0 atom stereocenters. The lowest BCUT2D eigenvalue weighted by Gasteiger charge is -2.08. The molecule has 2 rings (SSSR count). The average molecular weight is 276 g/mol. The summed E-state index contributed by atoms with van der Waals surface area (Å²) in [5.41, 5.74) is 0.811. The van der Waals surface area contributed by atoms with E-state index in [0.29, 0.717) is 12.2 Å². The number of carbonyl (C=O) groups is 3. The zero-order valence-corrected chi connectivity index (χ0v) is 11.2. The van der Waals surface area contributed by atoms with E-state index in [0.717, 1.165) is 5.56 Å². The van der Waals surface area contributed by atoms with E-state index in [9.17, 15) is 19.5 Å². The van der Waals surface area contributed by atoms with Gasteiger partial charge in [0.15, 0.2) is 28.8 Å². The fourth-order valence-corrected chi connectivity index (χ4v) is 2.36. The fraction of sp³-hybridized carbons (Fsp3) is 0.400. The van der Waals surface area contributed by atoms with Gasteiger partial charge in [0.25, 0.3) is 0 Å². The number of ether oxygens (including phenoxy) is 1. The van der Waals surface area contributed by atoms with E-state index in [1.165, 1.54) is 13.2 Å². The van der Waals surface area contributed by atoms with Crippen molar-refractivity contribution in [2.75, 3.05) is 7.11 Å². The molecule has 0 bridgehead atoms. The number of phenolic OH excluding ortho intramolecular Hbond substituents is 1. The molecule has 1 N–H and O–H groups in total. The Morgan fingerprint density at radius 1 is 1.30 bits per heavy atom. The molecule has 1 aliphatic rings. The van der Waals surface area contributed by atoms with Crippen molar-refractivity contribution in [1.82, 2.24) is 0 Å². The van der Waals surface area contributed by atoms with Crippen molar-refractivity contribution in [3.8, 4) is 11.5 Å². The van der Waals surface area contributed by atoms with E-state index in [4.69, 9.17) is 4.74 Å². The number of methoxy groups -OCH3 is 1. The first-order valence-corrected chi connectivity index (χ1v) is 6.47. The van der Waals surface area contributed by atoms with Gasteiger partial charge in [-0.1, -0.05) is 6.07 Å². The summed E-state index contributed by atoms with van der Waals surface area (Å²) in [7, 11) is 1.44. The first kappa shape index (κ1) is 14.2. The SMILES string of the molecule is COc1cc(CCC(=O)C2C(=O)CCC2=O)ccc1O. The van der Waals surface area contributed by atoms with Crippen molar-refractivity contribution in [2.24, 2.45) is 5.92 Å². The summed E-state index contributed by atoms with van der Waals surface area (Å²) >= 11 is 0. The molecule has 0 radical (unpaired) electrons. The number of ketones is 3. The van der Waals surface area contributed by atoms with Crippen LogP contribution in [0.25, 0.3) is 0 Å². The first-order chi connectivity index (χ1) is 9.52. The molecule has 0 aromatic heterocycles. The predicted octanol–water partition coefficient (Wildman–Crippen LogP) is 1.45. The molecule has 20 heavy (non-hydrogen) atoms. The lowest BCUT2D eigenvalue weighted by atomic mass is 9.95. The smallest absolute Gasteiger partial charge is 0.160 e. The number of aromatic hydroxyl groups is 1. The normalized spacial score (nSPS) is 15.7. The van der Waals surface area contributed by atoms with E-state index < -0.39 is 5.92 Å². The molecular formula is C15H16O5. The molecule has 1 fully saturated rings. The van der Waals surface area contributed by atoms with Crippen molar-refractivity contribution in [2.45, 2.75) is 25.7 Å². The van der Waals surface area contributed by atoms with Crippen molar-refractivity contribution in [3.05, 3.63) is 23.8 Å². The van der Waals surface area contributed by atoms with Gasteiger partial charge in [0.05, 0.1) is 7.11 Å². The van der Waals surface area contributed by atoms with Crippen LogP contribution in [-0.4, -0.2) is 29.6 Å². The molecule has 1 aliphatic carbocycles. The predicted molar refractivity (Wildman–Crippen MR) is 70.7 cm³/mol. The third kappa shape index (κ3) is 2.87. The molecule has 0 spiro atoms. The van der Waals surface area contributed by atoms with E-state index in [1.54, 1.807) is 12.1 Å². The summed E-state index contributed by atoms with van der Waals surface area (Å²) in [4.78, 5) is 34.9. The third-order valence-corrected chi connectivity index (χ3v) is 3.49. The summed E-state index contributed by atoms with van der Waals surface area (Å²) in [6, 6.07) is 4.81. The number of phenols is 1. The number of benzene rings is 1. The number of hydrogen-bond acceptors (Lipinski definition) is 5. The Morgan fingerprint density at radius 3 is 2.55 bits per heavy atom. The Kier molecular flexibility index (Phi) is 4.17. The Bertz CT molecular complexity index is 545. The van der Waals surface area contributed by atoms with Crippen molar-refractivity contribution >= 4 is 17.3 Å². The van der Waals surface area contributed by atoms with Gasteiger partial charge in [-0.3, -0.25) is 14.4 Å². The highest BCUT2D eigenvalue weighted by Crippen LogP contribution is 2.27. The van der Waals surface area contributed by atoms with Gasteiger partial charge < -0.3 is 9.84 Å². The maximum atomic E-state index is 11.9. The van der Waals surface area contributed by atoms with Crippen LogP contribution in [0, 0.1) is 5.92 Å². The van der Waals surface area contributed by atoms with E-state index >= 15 is 0 Å².